The van der Waals surface area contributed by atoms with Gasteiger partial charge in [0.2, 0.25) is 0 Å². The van der Waals surface area contributed by atoms with E-state index in [0.29, 0.717) is 19.8 Å². The van der Waals surface area contributed by atoms with Crippen LogP contribution in [-0.4, -0.2) is 46.7 Å². The van der Waals surface area contributed by atoms with Crippen LogP contribution in [0.25, 0.3) is 0 Å². The number of hydrogen-bond acceptors (Lipinski definition) is 4. The predicted molar refractivity (Wildman–Crippen MR) is 85.6 cm³/mol. The van der Waals surface area contributed by atoms with E-state index in [1.54, 1.807) is 7.11 Å². The van der Waals surface area contributed by atoms with E-state index < -0.39 is 0 Å². The highest BCUT2D eigenvalue weighted by Gasteiger charge is 2.09. The molecular formula is C17H29NO3. The largest absolute Gasteiger partial charge is 0.385 e. The molecule has 21 heavy (non-hydrogen) atoms. The molecule has 0 spiro atoms. The van der Waals surface area contributed by atoms with Gasteiger partial charge >= 0.3 is 0 Å². The van der Waals surface area contributed by atoms with Crippen molar-refractivity contribution in [3.05, 3.63) is 35.9 Å². The zero-order valence-electron chi connectivity index (χ0n) is 13.3. The molecule has 1 unspecified atom stereocenters. The van der Waals surface area contributed by atoms with E-state index in [4.69, 9.17) is 14.2 Å². The van der Waals surface area contributed by atoms with Gasteiger partial charge in [0.05, 0.1) is 25.9 Å². The van der Waals surface area contributed by atoms with Crippen LogP contribution < -0.4 is 5.32 Å². The Morgan fingerprint density at radius 3 is 2.48 bits per heavy atom. The van der Waals surface area contributed by atoms with Gasteiger partial charge in [-0.1, -0.05) is 37.3 Å². The van der Waals surface area contributed by atoms with Gasteiger partial charge in [0.1, 0.15) is 0 Å². The molecule has 4 heteroatoms. The van der Waals surface area contributed by atoms with E-state index >= 15 is 0 Å². The second-order valence-electron chi connectivity index (χ2n) is 4.95. The van der Waals surface area contributed by atoms with Crippen molar-refractivity contribution in [2.24, 2.45) is 0 Å². The summed E-state index contributed by atoms with van der Waals surface area (Å²) in [7, 11) is 1.70. The maximum Gasteiger partial charge on any atom is 0.0701 e. The van der Waals surface area contributed by atoms with Crippen LogP contribution in [0.5, 0.6) is 0 Å². The quantitative estimate of drug-likeness (QED) is 0.568. The molecule has 0 aliphatic rings. The Balaban J connectivity index is 2.18. The molecule has 0 aliphatic heterocycles. The van der Waals surface area contributed by atoms with Crippen LogP contribution in [0, 0.1) is 0 Å². The minimum absolute atomic E-state index is 0.250. The van der Waals surface area contributed by atoms with Crippen molar-refractivity contribution in [3.63, 3.8) is 0 Å². The Bertz CT molecular complexity index is 332. The fourth-order valence-electron chi connectivity index (χ4n) is 2.00. The number of nitrogens with one attached hydrogen (secondary N) is 1. The summed E-state index contributed by atoms with van der Waals surface area (Å²) in [6.45, 7) is 6.58. The molecule has 1 aromatic rings. The number of ether oxygens (including phenoxy) is 3. The minimum Gasteiger partial charge on any atom is -0.385 e. The maximum atomic E-state index is 5.74. The molecule has 1 N–H and O–H groups in total. The van der Waals surface area contributed by atoms with Gasteiger partial charge < -0.3 is 19.5 Å². The summed E-state index contributed by atoms with van der Waals surface area (Å²) in [6.07, 6.45) is 2.05. The lowest BCUT2D eigenvalue weighted by molar-refractivity contribution is 0.0324. The summed E-state index contributed by atoms with van der Waals surface area (Å²) in [4.78, 5) is 0. The summed E-state index contributed by atoms with van der Waals surface area (Å²) in [5, 5.41) is 3.52. The zero-order valence-corrected chi connectivity index (χ0v) is 13.3. The van der Waals surface area contributed by atoms with Crippen LogP contribution in [0.1, 0.15) is 31.4 Å². The van der Waals surface area contributed by atoms with Gasteiger partial charge in [-0.25, -0.2) is 0 Å². The highest BCUT2D eigenvalue weighted by Crippen LogP contribution is 2.12. The molecule has 0 amide bonds. The van der Waals surface area contributed by atoms with Crippen molar-refractivity contribution < 1.29 is 14.2 Å². The van der Waals surface area contributed by atoms with Gasteiger partial charge in [-0.3, -0.25) is 0 Å². The lowest BCUT2D eigenvalue weighted by atomic mass is 10.1. The van der Waals surface area contributed by atoms with Crippen LogP contribution in [0.2, 0.25) is 0 Å². The third-order valence-electron chi connectivity index (χ3n) is 3.14. The average Bonchev–Trinajstić information content (AvgIpc) is 2.53. The van der Waals surface area contributed by atoms with Crippen LogP contribution in [-0.2, 0) is 14.2 Å². The van der Waals surface area contributed by atoms with Crippen molar-refractivity contribution in [1.82, 2.24) is 5.32 Å². The lowest BCUT2D eigenvalue weighted by Gasteiger charge is -2.19. The summed E-state index contributed by atoms with van der Waals surface area (Å²) < 4.78 is 16.2. The third-order valence-corrected chi connectivity index (χ3v) is 3.14. The van der Waals surface area contributed by atoms with Crippen molar-refractivity contribution in [2.75, 3.05) is 46.7 Å². The first-order valence-corrected chi connectivity index (χ1v) is 7.81. The monoisotopic (exact) mass is 295 g/mol. The molecule has 0 saturated carbocycles. The second kappa shape index (κ2) is 12.8. The smallest absolute Gasteiger partial charge is 0.0701 e. The standard InChI is InChI=1S/C17H29NO3/c1-3-10-18-17(16-8-5-4-6-9-16)15-21-14-13-20-12-7-11-19-2/h4-6,8-9,17-18H,3,7,10-15H2,1-2H3. The van der Waals surface area contributed by atoms with Crippen LogP contribution >= 0.6 is 0 Å². The Hall–Kier alpha value is -0.940. The van der Waals surface area contributed by atoms with E-state index in [1.165, 1.54) is 5.56 Å². The summed E-state index contributed by atoms with van der Waals surface area (Å²) in [5.74, 6) is 0. The number of benzene rings is 1. The molecule has 4 nitrogen and oxygen atoms in total. The van der Waals surface area contributed by atoms with Crippen molar-refractivity contribution in [1.29, 1.82) is 0 Å². The molecule has 0 aromatic heterocycles. The third kappa shape index (κ3) is 8.83. The Kier molecular flexibility index (Phi) is 11.0. The molecule has 1 aromatic carbocycles. The minimum atomic E-state index is 0.250. The first-order chi connectivity index (χ1) is 10.4. The van der Waals surface area contributed by atoms with Gasteiger partial charge in [0.15, 0.2) is 0 Å². The van der Waals surface area contributed by atoms with E-state index in [9.17, 15) is 0 Å². The fourth-order valence-corrected chi connectivity index (χ4v) is 2.00. The first kappa shape index (κ1) is 18.1. The number of methoxy groups -OCH3 is 1. The van der Waals surface area contributed by atoms with Crippen molar-refractivity contribution >= 4 is 0 Å². The van der Waals surface area contributed by atoms with Crippen molar-refractivity contribution in [2.45, 2.75) is 25.8 Å². The second-order valence-corrected chi connectivity index (χ2v) is 4.95. The Labute approximate surface area is 128 Å². The van der Waals surface area contributed by atoms with E-state index in [1.807, 2.05) is 6.07 Å². The molecule has 0 aliphatic carbocycles. The lowest BCUT2D eigenvalue weighted by Crippen LogP contribution is -2.27. The van der Waals surface area contributed by atoms with Crippen LogP contribution in [0.15, 0.2) is 30.3 Å². The molecule has 0 heterocycles. The normalized spacial score (nSPS) is 12.5. The van der Waals surface area contributed by atoms with Crippen LogP contribution in [0.4, 0.5) is 0 Å². The zero-order chi connectivity index (χ0) is 15.2. The molecule has 1 atom stereocenters. The Morgan fingerprint density at radius 2 is 1.76 bits per heavy atom. The highest BCUT2D eigenvalue weighted by atomic mass is 16.5. The van der Waals surface area contributed by atoms with Gasteiger partial charge in [-0.15, -0.1) is 0 Å². The summed E-state index contributed by atoms with van der Waals surface area (Å²) in [6, 6.07) is 10.7. The molecule has 0 fully saturated rings. The van der Waals surface area contributed by atoms with E-state index in [0.717, 1.165) is 32.6 Å². The summed E-state index contributed by atoms with van der Waals surface area (Å²) in [5.41, 5.74) is 1.27. The molecule has 0 bridgehead atoms. The predicted octanol–water partition coefficient (Wildman–Crippen LogP) is 2.80. The topological polar surface area (TPSA) is 39.7 Å². The van der Waals surface area contributed by atoms with Gasteiger partial charge in [0, 0.05) is 20.3 Å². The highest BCUT2D eigenvalue weighted by molar-refractivity contribution is 5.18. The van der Waals surface area contributed by atoms with E-state index in [-0.39, 0.29) is 6.04 Å². The SMILES string of the molecule is CCCNC(COCCOCCCOC)c1ccccc1. The summed E-state index contributed by atoms with van der Waals surface area (Å²) >= 11 is 0. The number of hydrogen-bond donors (Lipinski definition) is 1. The molecule has 0 radical (unpaired) electrons. The number of rotatable bonds is 13. The maximum absolute atomic E-state index is 5.74. The van der Waals surface area contributed by atoms with Crippen LogP contribution in [0.3, 0.4) is 0 Å². The molecule has 120 valence electrons. The van der Waals surface area contributed by atoms with Gasteiger partial charge in [-0.05, 0) is 24.9 Å². The molecule has 0 saturated heterocycles. The van der Waals surface area contributed by atoms with Gasteiger partial charge in [0.25, 0.3) is 0 Å². The Morgan fingerprint density at radius 1 is 1.00 bits per heavy atom. The fraction of sp³-hybridized carbons (Fsp3) is 0.647. The van der Waals surface area contributed by atoms with Crippen molar-refractivity contribution in [3.8, 4) is 0 Å². The first-order valence-electron chi connectivity index (χ1n) is 7.81. The van der Waals surface area contributed by atoms with Gasteiger partial charge in [-0.2, -0.15) is 0 Å². The average molecular weight is 295 g/mol. The molecular weight excluding hydrogens is 266 g/mol. The molecule has 1 rings (SSSR count). The van der Waals surface area contributed by atoms with E-state index in [2.05, 4.69) is 36.5 Å².